The van der Waals surface area contributed by atoms with Gasteiger partial charge in [0.25, 0.3) is 12.3 Å². The Morgan fingerprint density at radius 2 is 1.74 bits per heavy atom. The van der Waals surface area contributed by atoms with E-state index in [9.17, 15) is 28.0 Å². The summed E-state index contributed by atoms with van der Waals surface area (Å²) in [7, 11) is 3.91. The topological polar surface area (TPSA) is 169 Å². The Labute approximate surface area is 357 Å². The highest BCUT2D eigenvalue weighted by Gasteiger charge is 2.34. The number of piperidine rings is 2. The van der Waals surface area contributed by atoms with Crippen LogP contribution in [0.15, 0.2) is 47.7 Å². The van der Waals surface area contributed by atoms with Gasteiger partial charge in [-0.1, -0.05) is 6.07 Å². The van der Waals surface area contributed by atoms with E-state index in [0.29, 0.717) is 42.0 Å². The number of alkyl halides is 2. The molecule has 3 saturated heterocycles. The molecule has 3 aliphatic heterocycles. The molecule has 2 N–H and O–H groups in total. The molecular weight excluding hydrogens is 803 g/mol. The number of fused-ring (bicyclic) bond motifs is 2. The standard InChI is InChI=1S/C43H54F2N12O5/c1-25-21-54(22-26(2)62-25)35-16-19-55-40(48-35)30(20-46-55)41(59)47-31-24-56(50-37(31)39(44)45)29-10-8-27(9-11-29)23-51(3)28-14-17-53(18-15-28)32-6-5-7-33-38(32)52(4)43(61)57(33)34-12-13-36(58)49-42(34)60/h5-7,16,19-20,24-29,34,39H,8-15,17-18,21-23H2,1-4H3,(H,47,59)(H,49,58,60)/t25?,26?,27-,29-,34?. The number of carbonyl (C=O) groups is 3. The number of para-hydroxylation sites is 1. The van der Waals surface area contributed by atoms with Gasteiger partial charge in [0.2, 0.25) is 11.8 Å². The number of nitrogens with one attached hydrogen (secondary N) is 2. The molecule has 0 radical (unpaired) electrons. The van der Waals surface area contributed by atoms with Crippen LogP contribution in [0.5, 0.6) is 0 Å². The summed E-state index contributed by atoms with van der Waals surface area (Å²) < 4.78 is 40.8. The van der Waals surface area contributed by atoms with Gasteiger partial charge in [-0.05, 0) is 90.0 Å². The fourth-order valence-electron chi connectivity index (χ4n) is 10.2. The molecule has 9 rings (SSSR count). The lowest BCUT2D eigenvalue weighted by Crippen LogP contribution is -2.45. The normalized spacial score (nSPS) is 24.2. The minimum absolute atomic E-state index is 0.0186. The van der Waals surface area contributed by atoms with Gasteiger partial charge in [0.05, 0.1) is 46.9 Å². The first kappa shape index (κ1) is 41.7. The third kappa shape index (κ3) is 7.95. The summed E-state index contributed by atoms with van der Waals surface area (Å²) in [5.41, 5.74) is 2.18. The Bertz CT molecular complexity index is 2540. The number of halogens is 2. The molecule has 19 heteroatoms. The molecule has 0 bridgehead atoms. The van der Waals surface area contributed by atoms with Crippen LogP contribution in [-0.2, 0) is 21.4 Å². The first-order chi connectivity index (χ1) is 29.8. The summed E-state index contributed by atoms with van der Waals surface area (Å²) in [6, 6.07) is 7.24. The van der Waals surface area contributed by atoms with Crippen LogP contribution in [0.25, 0.3) is 16.7 Å². The maximum atomic E-state index is 14.4. The van der Waals surface area contributed by atoms with Gasteiger partial charge in [0.1, 0.15) is 17.4 Å². The van der Waals surface area contributed by atoms with Crippen LogP contribution in [0, 0.1) is 5.92 Å². The van der Waals surface area contributed by atoms with Gasteiger partial charge in [-0.3, -0.25) is 33.5 Å². The Morgan fingerprint density at radius 3 is 2.45 bits per heavy atom. The summed E-state index contributed by atoms with van der Waals surface area (Å²) >= 11 is 0. The number of morpholine rings is 1. The predicted molar refractivity (Wildman–Crippen MR) is 228 cm³/mol. The van der Waals surface area contributed by atoms with E-state index in [-0.39, 0.29) is 53.9 Å². The number of amides is 3. The van der Waals surface area contributed by atoms with Gasteiger partial charge in [-0.15, -0.1) is 0 Å². The smallest absolute Gasteiger partial charge is 0.329 e. The summed E-state index contributed by atoms with van der Waals surface area (Å²) in [6.07, 6.45) is 7.64. The molecule has 1 aliphatic carbocycles. The molecule has 3 atom stereocenters. The Balaban J connectivity index is 0.802. The average Bonchev–Trinajstić information content (AvgIpc) is 3.95. The van der Waals surface area contributed by atoms with Crippen molar-refractivity contribution in [2.45, 2.75) is 102 Å². The maximum Gasteiger partial charge on any atom is 0.329 e. The van der Waals surface area contributed by atoms with Crippen LogP contribution in [0.2, 0.25) is 0 Å². The van der Waals surface area contributed by atoms with Crippen molar-refractivity contribution in [2.24, 2.45) is 13.0 Å². The average molecular weight is 857 g/mol. The Hall–Kier alpha value is -5.69. The van der Waals surface area contributed by atoms with Crippen molar-refractivity contribution in [3.8, 4) is 0 Å². The van der Waals surface area contributed by atoms with Crippen LogP contribution < -0.4 is 26.1 Å². The molecule has 1 aromatic carbocycles. The zero-order valence-electron chi connectivity index (χ0n) is 35.5. The number of aryl methyl sites for hydroxylation is 1. The molecule has 330 valence electrons. The van der Waals surface area contributed by atoms with Crippen molar-refractivity contribution < 1.29 is 27.9 Å². The SMILES string of the molecule is CC1CN(c2ccn3ncc(C(=O)Nc4cn([C@H]5CC[C@H](CN(C)C6CCN(c7cccc8c7n(C)c(=O)n8C7CCC(=O)NC7=O)CC6)CC5)nc4C(F)F)c3n2)CC(C)O1. The number of imidazole rings is 1. The molecule has 4 aliphatic rings. The van der Waals surface area contributed by atoms with E-state index < -0.39 is 30.0 Å². The molecule has 3 unspecified atom stereocenters. The second-order valence-corrected chi connectivity index (χ2v) is 17.6. The lowest BCUT2D eigenvalue weighted by atomic mass is 9.85. The van der Waals surface area contributed by atoms with E-state index in [4.69, 9.17) is 9.72 Å². The molecule has 1 saturated carbocycles. The van der Waals surface area contributed by atoms with E-state index in [1.165, 1.54) is 21.5 Å². The molecule has 62 heavy (non-hydrogen) atoms. The highest BCUT2D eigenvalue weighted by Crippen LogP contribution is 2.37. The summed E-state index contributed by atoms with van der Waals surface area (Å²) in [5, 5.41) is 13.7. The first-order valence-corrected chi connectivity index (χ1v) is 21.7. The zero-order chi connectivity index (χ0) is 43.4. The molecule has 17 nitrogen and oxygen atoms in total. The van der Waals surface area contributed by atoms with E-state index in [2.05, 4.69) is 42.6 Å². The Morgan fingerprint density at radius 1 is 1.00 bits per heavy atom. The van der Waals surface area contributed by atoms with E-state index in [1.54, 1.807) is 22.5 Å². The largest absolute Gasteiger partial charge is 0.372 e. The highest BCUT2D eigenvalue weighted by molar-refractivity contribution is 6.08. The van der Waals surface area contributed by atoms with Crippen molar-refractivity contribution in [3.63, 3.8) is 0 Å². The van der Waals surface area contributed by atoms with E-state index in [1.807, 2.05) is 38.1 Å². The van der Waals surface area contributed by atoms with Crippen molar-refractivity contribution >= 4 is 51.6 Å². The molecule has 4 aromatic heterocycles. The van der Waals surface area contributed by atoms with E-state index in [0.717, 1.165) is 69.4 Å². The van der Waals surface area contributed by atoms with Gasteiger partial charge in [0.15, 0.2) is 11.3 Å². The number of anilines is 3. The fourth-order valence-corrected chi connectivity index (χ4v) is 10.2. The molecule has 3 amide bonds. The second kappa shape index (κ2) is 16.9. The van der Waals surface area contributed by atoms with E-state index >= 15 is 0 Å². The van der Waals surface area contributed by atoms with Gasteiger partial charge >= 0.3 is 5.69 Å². The molecule has 7 heterocycles. The van der Waals surface area contributed by atoms with Gasteiger partial charge in [0, 0.05) is 64.6 Å². The van der Waals surface area contributed by atoms with Crippen LogP contribution >= 0.6 is 0 Å². The number of rotatable bonds is 10. The monoisotopic (exact) mass is 856 g/mol. The van der Waals surface area contributed by atoms with Gasteiger partial charge in [-0.25, -0.2) is 23.1 Å². The van der Waals surface area contributed by atoms with Crippen LogP contribution in [0.1, 0.15) is 99.8 Å². The fraction of sp³-hybridized carbons (Fsp3) is 0.558. The first-order valence-electron chi connectivity index (χ1n) is 21.7. The number of carbonyl (C=O) groups excluding carboxylic acids is 3. The van der Waals surface area contributed by atoms with Gasteiger partial charge in [-0.2, -0.15) is 10.2 Å². The number of imide groups is 1. The zero-order valence-corrected chi connectivity index (χ0v) is 35.5. The molecular formula is C43H54F2N12O5. The van der Waals surface area contributed by atoms with Crippen molar-refractivity contribution in [3.05, 3.63) is 64.6 Å². The minimum Gasteiger partial charge on any atom is -0.372 e. The highest BCUT2D eigenvalue weighted by atomic mass is 19.3. The number of benzene rings is 1. The summed E-state index contributed by atoms with van der Waals surface area (Å²) in [5.74, 6) is -0.215. The number of ether oxygens (including phenoxy) is 1. The number of aromatic nitrogens is 7. The molecule has 4 fully saturated rings. The molecule has 5 aromatic rings. The Kier molecular flexibility index (Phi) is 11.3. The number of hydrogen-bond donors (Lipinski definition) is 2. The minimum atomic E-state index is -2.87. The summed E-state index contributed by atoms with van der Waals surface area (Å²) in [4.78, 5) is 63.2. The number of hydrogen-bond acceptors (Lipinski definition) is 11. The quantitative estimate of drug-likeness (QED) is 0.187. The lowest BCUT2D eigenvalue weighted by Gasteiger charge is -2.40. The third-order valence-corrected chi connectivity index (χ3v) is 13.3. The third-order valence-electron chi connectivity index (χ3n) is 13.3. The number of nitrogens with zero attached hydrogens (tertiary/aromatic N) is 10. The molecule has 0 spiro atoms. The van der Waals surface area contributed by atoms with Crippen LogP contribution in [0.4, 0.5) is 26.0 Å². The van der Waals surface area contributed by atoms with Gasteiger partial charge < -0.3 is 24.8 Å². The van der Waals surface area contributed by atoms with Crippen LogP contribution in [0.3, 0.4) is 0 Å². The van der Waals surface area contributed by atoms with Crippen molar-refractivity contribution in [2.75, 3.05) is 54.9 Å². The maximum absolute atomic E-state index is 14.4. The van der Waals surface area contributed by atoms with Crippen molar-refractivity contribution in [1.29, 1.82) is 0 Å². The van der Waals surface area contributed by atoms with Crippen molar-refractivity contribution in [1.82, 2.24) is 43.7 Å². The summed E-state index contributed by atoms with van der Waals surface area (Å²) in [6.45, 7) is 7.85. The predicted octanol–water partition coefficient (Wildman–Crippen LogP) is 4.69. The lowest BCUT2D eigenvalue weighted by molar-refractivity contribution is -0.135. The van der Waals surface area contributed by atoms with Crippen LogP contribution in [-0.4, -0.2) is 114 Å². The second-order valence-electron chi connectivity index (χ2n) is 17.6.